The number of carboxylic acid groups (broad SMARTS) is 1. The van der Waals surface area contributed by atoms with Crippen LogP contribution in [0.15, 0.2) is 66.6 Å². The van der Waals surface area contributed by atoms with Crippen molar-refractivity contribution in [3.8, 4) is 17.2 Å². The number of aromatic nitrogens is 1. The number of hydrogen-bond donors (Lipinski definition) is 1. The summed E-state index contributed by atoms with van der Waals surface area (Å²) in [5, 5.41) is 9.18. The lowest BCUT2D eigenvalue weighted by Crippen LogP contribution is -2.41. The van der Waals surface area contributed by atoms with Crippen LogP contribution in [0.25, 0.3) is 5.69 Å². The second kappa shape index (κ2) is 9.74. The van der Waals surface area contributed by atoms with Crippen LogP contribution in [0.3, 0.4) is 0 Å². The van der Waals surface area contributed by atoms with E-state index in [2.05, 4.69) is 0 Å². The van der Waals surface area contributed by atoms with Crippen molar-refractivity contribution >= 4 is 5.97 Å². The molecular formula is C28H26F4N2O4. The molecule has 0 spiro atoms. The van der Waals surface area contributed by atoms with Crippen molar-refractivity contribution in [1.82, 2.24) is 9.47 Å². The smallest absolute Gasteiger partial charge is 0.418 e. The third-order valence-electron chi connectivity index (χ3n) is 6.83. The number of nitrogens with zero attached hydrogens (tertiary/aromatic N) is 2. The Kier molecular flexibility index (Phi) is 6.58. The van der Waals surface area contributed by atoms with Gasteiger partial charge in [0.05, 0.1) is 23.4 Å². The molecule has 2 aliphatic rings. The molecular weight excluding hydrogens is 504 g/mol. The molecule has 0 bridgehead atoms. The Bertz CT molecular complexity index is 1380. The highest BCUT2D eigenvalue weighted by atomic mass is 19.4. The van der Waals surface area contributed by atoms with Crippen LogP contribution < -0.4 is 9.47 Å². The van der Waals surface area contributed by atoms with Crippen molar-refractivity contribution in [1.29, 1.82) is 0 Å². The SMILES string of the molecule is CC1(CN2C=C(C(=O)O)CC2)COc2cc(OCc3ccc(-n4cccc4)c(C(F)(F)F)c3)cc(F)c2C1. The molecule has 0 aliphatic carbocycles. The molecule has 0 radical (unpaired) electrons. The van der Waals surface area contributed by atoms with Crippen molar-refractivity contribution in [2.24, 2.45) is 5.41 Å². The van der Waals surface area contributed by atoms with E-state index >= 15 is 4.39 Å². The summed E-state index contributed by atoms with van der Waals surface area (Å²) in [5.74, 6) is -0.973. The highest BCUT2D eigenvalue weighted by Crippen LogP contribution is 2.40. The summed E-state index contributed by atoms with van der Waals surface area (Å²) < 4.78 is 69.2. The van der Waals surface area contributed by atoms with E-state index in [-0.39, 0.29) is 18.0 Å². The average Bonchev–Trinajstić information content (AvgIpc) is 3.55. The number of halogens is 4. The maximum Gasteiger partial charge on any atom is 0.418 e. The minimum atomic E-state index is -4.56. The number of benzene rings is 2. The Balaban J connectivity index is 1.29. The third kappa shape index (κ3) is 5.34. The second-order valence-corrected chi connectivity index (χ2v) is 10.1. The number of alkyl halides is 3. The fourth-order valence-corrected chi connectivity index (χ4v) is 4.98. The summed E-state index contributed by atoms with van der Waals surface area (Å²) >= 11 is 0. The highest BCUT2D eigenvalue weighted by Gasteiger charge is 2.36. The molecule has 6 nitrogen and oxygen atoms in total. The number of rotatable bonds is 7. The molecule has 0 fully saturated rings. The quantitative estimate of drug-likeness (QED) is 0.390. The lowest BCUT2D eigenvalue weighted by atomic mass is 9.81. The fourth-order valence-electron chi connectivity index (χ4n) is 4.98. The number of carbonyl (C=O) groups is 1. The molecule has 1 atom stereocenters. The third-order valence-corrected chi connectivity index (χ3v) is 6.83. The maximum absolute atomic E-state index is 15.1. The van der Waals surface area contributed by atoms with Gasteiger partial charge in [-0.25, -0.2) is 9.18 Å². The monoisotopic (exact) mass is 530 g/mol. The highest BCUT2D eigenvalue weighted by molar-refractivity contribution is 5.86. The minimum absolute atomic E-state index is 0.00568. The summed E-state index contributed by atoms with van der Waals surface area (Å²) in [6, 6.07) is 10.0. The van der Waals surface area contributed by atoms with Gasteiger partial charge < -0.3 is 24.0 Å². The van der Waals surface area contributed by atoms with E-state index in [1.165, 1.54) is 29.1 Å². The van der Waals surface area contributed by atoms with Gasteiger partial charge in [0.2, 0.25) is 0 Å². The Morgan fingerprint density at radius 1 is 1.18 bits per heavy atom. The van der Waals surface area contributed by atoms with E-state index in [1.807, 2.05) is 11.8 Å². The standard InChI is InChI=1S/C28H26F4N2O4/c1-27(16-33-9-6-19(14-33)26(35)36)13-21-23(29)11-20(12-25(21)38-17-27)37-15-18-4-5-24(34-7-2-3-8-34)22(10-18)28(30,31)32/h2-5,7-8,10-12,14H,6,9,13,15-17H2,1H3,(H,35,36). The molecule has 1 unspecified atom stereocenters. The van der Waals surface area contributed by atoms with E-state index in [9.17, 15) is 23.1 Å². The molecule has 3 heterocycles. The Hall–Kier alpha value is -3.95. The molecule has 1 aromatic heterocycles. The van der Waals surface area contributed by atoms with Crippen molar-refractivity contribution < 1.29 is 36.9 Å². The van der Waals surface area contributed by atoms with E-state index in [1.54, 1.807) is 30.5 Å². The summed E-state index contributed by atoms with van der Waals surface area (Å²) in [6.07, 6.45) is 0.988. The van der Waals surface area contributed by atoms with Gasteiger partial charge in [-0.15, -0.1) is 0 Å². The predicted octanol–water partition coefficient (Wildman–Crippen LogP) is 5.83. The molecule has 200 valence electrons. The first-order valence-corrected chi connectivity index (χ1v) is 12.1. The van der Waals surface area contributed by atoms with Gasteiger partial charge in [0.1, 0.15) is 23.9 Å². The minimum Gasteiger partial charge on any atom is -0.492 e. The van der Waals surface area contributed by atoms with Gasteiger partial charge in [-0.05, 0) is 42.7 Å². The summed E-state index contributed by atoms with van der Waals surface area (Å²) in [6.45, 7) is 3.18. The number of fused-ring (bicyclic) bond motifs is 1. The van der Waals surface area contributed by atoms with Crippen LogP contribution in [-0.4, -0.2) is 40.2 Å². The van der Waals surface area contributed by atoms with Crippen LogP contribution >= 0.6 is 0 Å². The molecule has 3 aromatic rings. The first-order chi connectivity index (χ1) is 18.0. The number of hydrogen-bond acceptors (Lipinski definition) is 4. The van der Waals surface area contributed by atoms with Gasteiger partial charge in [-0.3, -0.25) is 0 Å². The number of aliphatic carboxylic acids is 1. The van der Waals surface area contributed by atoms with Crippen molar-refractivity contribution in [3.05, 3.63) is 89.1 Å². The molecule has 0 saturated heterocycles. The summed E-state index contributed by atoms with van der Waals surface area (Å²) in [7, 11) is 0. The van der Waals surface area contributed by atoms with Crippen LogP contribution in [0.2, 0.25) is 0 Å². The molecule has 10 heteroatoms. The van der Waals surface area contributed by atoms with E-state index < -0.39 is 28.9 Å². The molecule has 5 rings (SSSR count). The van der Waals surface area contributed by atoms with Crippen molar-refractivity contribution in [3.63, 3.8) is 0 Å². The lowest BCUT2D eigenvalue weighted by Gasteiger charge is -2.38. The van der Waals surface area contributed by atoms with Crippen molar-refractivity contribution in [2.45, 2.75) is 32.5 Å². The first-order valence-electron chi connectivity index (χ1n) is 12.1. The number of ether oxygens (including phenoxy) is 2. The topological polar surface area (TPSA) is 63.9 Å². The lowest BCUT2D eigenvalue weighted by molar-refractivity contribution is -0.137. The molecule has 38 heavy (non-hydrogen) atoms. The Morgan fingerprint density at radius 2 is 1.95 bits per heavy atom. The first kappa shape index (κ1) is 25.7. The zero-order valence-electron chi connectivity index (χ0n) is 20.6. The van der Waals surface area contributed by atoms with Crippen LogP contribution in [0, 0.1) is 11.2 Å². The van der Waals surface area contributed by atoms with E-state index in [4.69, 9.17) is 9.47 Å². The van der Waals surface area contributed by atoms with Gasteiger partial charge in [0.25, 0.3) is 0 Å². The fraction of sp³-hybridized carbons (Fsp3) is 0.321. The predicted molar refractivity (Wildman–Crippen MR) is 131 cm³/mol. The van der Waals surface area contributed by atoms with Gasteiger partial charge >= 0.3 is 12.1 Å². The van der Waals surface area contributed by atoms with Gasteiger partial charge in [-0.1, -0.05) is 13.0 Å². The Labute approximate surface area is 216 Å². The van der Waals surface area contributed by atoms with Crippen molar-refractivity contribution in [2.75, 3.05) is 19.7 Å². The molecule has 1 N–H and O–H groups in total. The molecule has 2 aromatic carbocycles. The van der Waals surface area contributed by atoms with Crippen LogP contribution in [0.4, 0.5) is 17.6 Å². The Morgan fingerprint density at radius 3 is 2.63 bits per heavy atom. The van der Waals surface area contributed by atoms with Crippen LogP contribution in [0.1, 0.15) is 30.0 Å². The zero-order valence-corrected chi connectivity index (χ0v) is 20.6. The molecule has 0 saturated carbocycles. The van der Waals surface area contributed by atoms with E-state index in [0.717, 1.165) is 6.07 Å². The normalized spacial score (nSPS) is 19.1. The molecule has 0 amide bonds. The summed E-state index contributed by atoms with van der Waals surface area (Å²) in [5.41, 5.74) is -0.192. The zero-order chi connectivity index (χ0) is 27.1. The van der Waals surface area contributed by atoms with E-state index in [0.29, 0.717) is 55.0 Å². The maximum atomic E-state index is 15.1. The van der Waals surface area contributed by atoms with Gasteiger partial charge in [0, 0.05) is 54.8 Å². The van der Waals surface area contributed by atoms with Crippen LogP contribution in [0.5, 0.6) is 11.5 Å². The largest absolute Gasteiger partial charge is 0.492 e. The average molecular weight is 531 g/mol. The second-order valence-electron chi connectivity index (χ2n) is 10.1. The summed E-state index contributed by atoms with van der Waals surface area (Å²) in [4.78, 5) is 13.1. The molecule has 2 aliphatic heterocycles. The van der Waals surface area contributed by atoms with Crippen LogP contribution in [-0.2, 0) is 24.0 Å². The van der Waals surface area contributed by atoms with Gasteiger partial charge in [-0.2, -0.15) is 13.2 Å². The van der Waals surface area contributed by atoms with Gasteiger partial charge in [0.15, 0.2) is 0 Å². The number of carboxylic acids is 1.